The third kappa shape index (κ3) is 2.42. The molecular formula is C13H16N2OS2. The molecule has 2 rings (SSSR count). The molecule has 0 fully saturated rings. The number of hydrogen-bond donors (Lipinski definition) is 1. The standard InChI is InChI=1S/C13H16N2OS2/c1-8-4-5-11(18-8)9(2)15(3)13(16)12-10(14)6-7-17-12/h4-7,9H,14H2,1-3H3. The van der Waals surface area contributed by atoms with E-state index >= 15 is 0 Å². The first-order chi connectivity index (χ1) is 8.50. The minimum atomic E-state index is -0.0129. The summed E-state index contributed by atoms with van der Waals surface area (Å²) in [4.78, 5) is 17.1. The Morgan fingerprint density at radius 2 is 2.11 bits per heavy atom. The average molecular weight is 280 g/mol. The summed E-state index contributed by atoms with van der Waals surface area (Å²) in [5.41, 5.74) is 6.35. The number of carbonyl (C=O) groups excluding carboxylic acids is 1. The van der Waals surface area contributed by atoms with Crippen LogP contribution in [0.2, 0.25) is 0 Å². The van der Waals surface area contributed by atoms with Crippen LogP contribution in [-0.4, -0.2) is 17.9 Å². The zero-order valence-corrected chi connectivity index (χ0v) is 12.3. The maximum atomic E-state index is 12.3. The van der Waals surface area contributed by atoms with Crippen molar-refractivity contribution in [3.05, 3.63) is 38.2 Å². The molecule has 1 amide bonds. The number of rotatable bonds is 3. The Labute approximate surface area is 115 Å². The van der Waals surface area contributed by atoms with E-state index in [-0.39, 0.29) is 11.9 Å². The van der Waals surface area contributed by atoms with Crippen LogP contribution in [0.1, 0.15) is 32.4 Å². The van der Waals surface area contributed by atoms with Crippen LogP contribution in [0.4, 0.5) is 5.69 Å². The molecule has 18 heavy (non-hydrogen) atoms. The van der Waals surface area contributed by atoms with Crippen LogP contribution in [0, 0.1) is 6.92 Å². The first-order valence-electron chi connectivity index (χ1n) is 5.67. The Bertz CT molecular complexity index is 559. The number of amides is 1. The van der Waals surface area contributed by atoms with E-state index in [2.05, 4.69) is 19.1 Å². The van der Waals surface area contributed by atoms with Crippen LogP contribution in [0.5, 0.6) is 0 Å². The maximum Gasteiger partial charge on any atom is 0.266 e. The van der Waals surface area contributed by atoms with E-state index in [1.165, 1.54) is 21.1 Å². The average Bonchev–Trinajstić information content (AvgIpc) is 2.95. The molecule has 3 nitrogen and oxygen atoms in total. The van der Waals surface area contributed by atoms with Gasteiger partial charge in [0.1, 0.15) is 4.88 Å². The molecule has 0 saturated heterocycles. The zero-order valence-electron chi connectivity index (χ0n) is 10.6. The second-order valence-corrected chi connectivity index (χ2v) is 6.48. The molecule has 2 aromatic rings. The van der Waals surface area contributed by atoms with E-state index in [9.17, 15) is 4.79 Å². The number of thiophene rings is 2. The van der Waals surface area contributed by atoms with Gasteiger partial charge in [0.2, 0.25) is 0 Å². The van der Waals surface area contributed by atoms with Gasteiger partial charge in [0.15, 0.2) is 0 Å². The van der Waals surface area contributed by atoms with Gasteiger partial charge in [0.25, 0.3) is 5.91 Å². The molecule has 0 spiro atoms. The number of nitrogens with two attached hydrogens (primary N) is 1. The highest BCUT2D eigenvalue weighted by Crippen LogP contribution is 2.29. The Kier molecular flexibility index (Phi) is 3.73. The third-order valence-corrected chi connectivity index (χ3v) is 5.05. The van der Waals surface area contributed by atoms with Crippen molar-refractivity contribution in [3.8, 4) is 0 Å². The van der Waals surface area contributed by atoms with E-state index in [0.29, 0.717) is 10.6 Å². The van der Waals surface area contributed by atoms with E-state index in [0.717, 1.165) is 0 Å². The molecule has 1 atom stereocenters. The second kappa shape index (κ2) is 5.12. The van der Waals surface area contributed by atoms with E-state index in [4.69, 9.17) is 5.73 Å². The molecule has 0 aliphatic rings. The highest BCUT2D eigenvalue weighted by atomic mass is 32.1. The van der Waals surface area contributed by atoms with E-state index in [1.807, 2.05) is 19.4 Å². The zero-order chi connectivity index (χ0) is 13.3. The molecular weight excluding hydrogens is 264 g/mol. The topological polar surface area (TPSA) is 46.3 Å². The quantitative estimate of drug-likeness (QED) is 0.935. The molecule has 1 unspecified atom stereocenters. The highest BCUT2D eigenvalue weighted by Gasteiger charge is 2.22. The van der Waals surface area contributed by atoms with Crippen molar-refractivity contribution >= 4 is 34.3 Å². The molecule has 5 heteroatoms. The third-order valence-electron chi connectivity index (χ3n) is 2.96. The maximum absolute atomic E-state index is 12.3. The van der Waals surface area contributed by atoms with Crippen molar-refractivity contribution in [1.82, 2.24) is 4.90 Å². The molecule has 0 saturated carbocycles. The Morgan fingerprint density at radius 1 is 1.39 bits per heavy atom. The molecule has 0 aromatic carbocycles. The van der Waals surface area contributed by atoms with Gasteiger partial charge < -0.3 is 10.6 Å². The van der Waals surface area contributed by atoms with Gasteiger partial charge in [-0.2, -0.15) is 0 Å². The summed E-state index contributed by atoms with van der Waals surface area (Å²) >= 11 is 3.11. The number of nitrogens with zero attached hydrogens (tertiary/aromatic N) is 1. The molecule has 96 valence electrons. The SMILES string of the molecule is Cc1ccc(C(C)N(C)C(=O)c2sccc2N)s1. The van der Waals surface area contributed by atoms with Crippen LogP contribution in [-0.2, 0) is 0 Å². The van der Waals surface area contributed by atoms with Crippen molar-refractivity contribution in [3.63, 3.8) is 0 Å². The Morgan fingerprint density at radius 3 is 2.61 bits per heavy atom. The van der Waals surface area contributed by atoms with E-state index < -0.39 is 0 Å². The van der Waals surface area contributed by atoms with E-state index in [1.54, 1.807) is 22.3 Å². The molecule has 2 heterocycles. The fraction of sp³-hybridized carbons (Fsp3) is 0.308. The van der Waals surface area contributed by atoms with Crippen LogP contribution < -0.4 is 5.73 Å². The number of aryl methyl sites for hydroxylation is 1. The first-order valence-corrected chi connectivity index (χ1v) is 7.36. The largest absolute Gasteiger partial charge is 0.397 e. The summed E-state index contributed by atoms with van der Waals surface area (Å²) < 4.78 is 0. The van der Waals surface area contributed by atoms with Gasteiger partial charge in [0.05, 0.1) is 11.7 Å². The van der Waals surface area contributed by atoms with Crippen LogP contribution in [0.15, 0.2) is 23.6 Å². The second-order valence-electron chi connectivity index (χ2n) is 4.25. The van der Waals surface area contributed by atoms with Gasteiger partial charge >= 0.3 is 0 Å². The summed E-state index contributed by atoms with van der Waals surface area (Å²) in [6.45, 7) is 4.10. The Hall–Kier alpha value is -1.33. The molecule has 2 N–H and O–H groups in total. The monoisotopic (exact) mass is 280 g/mol. The molecule has 2 aromatic heterocycles. The van der Waals surface area contributed by atoms with Crippen molar-refractivity contribution in [2.75, 3.05) is 12.8 Å². The highest BCUT2D eigenvalue weighted by molar-refractivity contribution is 7.12. The minimum Gasteiger partial charge on any atom is -0.397 e. The van der Waals surface area contributed by atoms with Gasteiger partial charge in [-0.25, -0.2) is 0 Å². The lowest BCUT2D eigenvalue weighted by atomic mass is 10.2. The van der Waals surface area contributed by atoms with Crippen molar-refractivity contribution in [2.24, 2.45) is 0 Å². The molecule has 0 bridgehead atoms. The summed E-state index contributed by atoms with van der Waals surface area (Å²) in [5, 5.41) is 1.84. The fourth-order valence-electron chi connectivity index (χ4n) is 1.70. The minimum absolute atomic E-state index is 0.0129. The van der Waals surface area contributed by atoms with Crippen LogP contribution in [0.3, 0.4) is 0 Å². The normalized spacial score (nSPS) is 12.4. The summed E-state index contributed by atoms with van der Waals surface area (Å²) in [7, 11) is 1.82. The van der Waals surface area contributed by atoms with Gasteiger partial charge in [0, 0.05) is 16.8 Å². The van der Waals surface area contributed by atoms with Gasteiger partial charge in [-0.15, -0.1) is 22.7 Å². The Balaban J connectivity index is 2.19. The molecule has 0 aliphatic carbocycles. The fourth-order valence-corrected chi connectivity index (χ4v) is 3.47. The number of hydrogen-bond acceptors (Lipinski definition) is 4. The van der Waals surface area contributed by atoms with Crippen molar-refractivity contribution in [1.29, 1.82) is 0 Å². The van der Waals surface area contributed by atoms with Crippen molar-refractivity contribution in [2.45, 2.75) is 19.9 Å². The smallest absolute Gasteiger partial charge is 0.266 e. The molecule has 0 aliphatic heterocycles. The van der Waals surface area contributed by atoms with Crippen molar-refractivity contribution < 1.29 is 4.79 Å². The summed E-state index contributed by atoms with van der Waals surface area (Å²) in [6.07, 6.45) is 0. The van der Waals surface area contributed by atoms with Crippen LogP contribution in [0.25, 0.3) is 0 Å². The van der Waals surface area contributed by atoms with Gasteiger partial charge in [-0.05, 0) is 37.4 Å². The van der Waals surface area contributed by atoms with Gasteiger partial charge in [-0.1, -0.05) is 0 Å². The summed E-state index contributed by atoms with van der Waals surface area (Å²) in [5.74, 6) is -0.0129. The predicted molar refractivity (Wildman–Crippen MR) is 78.3 cm³/mol. The summed E-state index contributed by atoms with van der Waals surface area (Å²) in [6, 6.07) is 5.99. The number of carbonyl (C=O) groups is 1. The lowest BCUT2D eigenvalue weighted by molar-refractivity contribution is 0.0751. The molecule has 0 radical (unpaired) electrons. The lowest BCUT2D eigenvalue weighted by Gasteiger charge is -2.23. The van der Waals surface area contributed by atoms with Crippen LogP contribution >= 0.6 is 22.7 Å². The first kappa shape index (κ1) is 13.1. The lowest BCUT2D eigenvalue weighted by Crippen LogP contribution is -2.29. The number of anilines is 1. The van der Waals surface area contributed by atoms with Gasteiger partial charge in [-0.3, -0.25) is 4.79 Å². The number of nitrogen functional groups attached to an aromatic ring is 1. The predicted octanol–water partition coefficient (Wildman–Crippen LogP) is 3.53.